The fourth-order valence-corrected chi connectivity index (χ4v) is 2.67. The molecule has 0 aromatic rings. The van der Waals surface area contributed by atoms with Crippen molar-refractivity contribution in [2.75, 3.05) is 0 Å². The molecular formula is C12H26NP. The van der Waals surface area contributed by atoms with Crippen molar-refractivity contribution >= 4 is 9.24 Å². The third-order valence-electron chi connectivity index (χ3n) is 2.92. The van der Waals surface area contributed by atoms with E-state index in [4.69, 9.17) is 0 Å². The van der Waals surface area contributed by atoms with Crippen molar-refractivity contribution in [3.63, 3.8) is 0 Å². The summed E-state index contributed by atoms with van der Waals surface area (Å²) in [6, 6.07) is 0.546. The van der Waals surface area contributed by atoms with Gasteiger partial charge in [-0.25, -0.2) is 0 Å². The summed E-state index contributed by atoms with van der Waals surface area (Å²) in [5, 5.41) is 0. The maximum absolute atomic E-state index is 3.87. The molecule has 0 spiro atoms. The van der Waals surface area contributed by atoms with E-state index < -0.39 is 0 Å². The highest BCUT2D eigenvalue weighted by molar-refractivity contribution is 7.17. The van der Waals surface area contributed by atoms with E-state index in [9.17, 15) is 0 Å². The molecule has 0 aromatic carbocycles. The lowest BCUT2D eigenvalue weighted by atomic mass is 9.99. The van der Waals surface area contributed by atoms with Gasteiger partial charge in [0.1, 0.15) is 0 Å². The Balaban J connectivity index is 4.14. The molecule has 0 saturated carbocycles. The van der Waals surface area contributed by atoms with Gasteiger partial charge in [0.15, 0.2) is 0 Å². The highest BCUT2D eigenvalue weighted by Gasteiger charge is 2.16. The van der Waals surface area contributed by atoms with Gasteiger partial charge in [0.05, 0.1) is 0 Å². The molecule has 0 saturated heterocycles. The molecule has 0 rings (SSSR count). The molecule has 0 aromatic heterocycles. The highest BCUT2D eigenvalue weighted by Crippen LogP contribution is 2.23. The van der Waals surface area contributed by atoms with E-state index >= 15 is 0 Å². The summed E-state index contributed by atoms with van der Waals surface area (Å²) in [4.78, 5) is 2.32. The average molecular weight is 215 g/mol. The van der Waals surface area contributed by atoms with Gasteiger partial charge in [-0.15, -0.1) is 9.24 Å². The number of rotatable bonds is 7. The van der Waals surface area contributed by atoms with Crippen LogP contribution in [0.4, 0.5) is 0 Å². The zero-order chi connectivity index (χ0) is 11.1. The zero-order valence-corrected chi connectivity index (χ0v) is 11.3. The molecule has 2 heteroatoms. The smallest absolute Gasteiger partial charge is 0.0430 e. The number of hydrogen-bond acceptors (Lipinski definition) is 1. The molecule has 84 valence electrons. The Morgan fingerprint density at radius 1 is 1.29 bits per heavy atom. The molecule has 0 radical (unpaired) electrons. The zero-order valence-electron chi connectivity index (χ0n) is 10.2. The van der Waals surface area contributed by atoms with Crippen LogP contribution in [0.25, 0.3) is 0 Å². The minimum absolute atomic E-state index is 0.539. The average Bonchev–Trinajstić information content (AvgIpc) is 2.14. The van der Waals surface area contributed by atoms with Crippen molar-refractivity contribution < 1.29 is 0 Å². The molecule has 14 heavy (non-hydrogen) atoms. The van der Waals surface area contributed by atoms with Crippen LogP contribution in [-0.2, 0) is 0 Å². The molecule has 0 aliphatic carbocycles. The van der Waals surface area contributed by atoms with Crippen molar-refractivity contribution in [2.45, 2.75) is 58.8 Å². The highest BCUT2D eigenvalue weighted by atomic mass is 31.0. The summed E-state index contributed by atoms with van der Waals surface area (Å²) in [5.74, 6) is 1.39. The van der Waals surface area contributed by atoms with Gasteiger partial charge in [-0.05, 0) is 32.4 Å². The number of nitrogens with zero attached hydrogens (tertiary/aromatic N) is 1. The van der Waals surface area contributed by atoms with Crippen molar-refractivity contribution in [1.29, 1.82) is 0 Å². The Kier molecular flexibility index (Phi) is 7.27. The third kappa shape index (κ3) is 4.46. The quantitative estimate of drug-likeness (QED) is 0.583. The number of hydrogen-bond donors (Lipinski definition) is 0. The molecular weight excluding hydrogens is 189 g/mol. The third-order valence-corrected chi connectivity index (χ3v) is 3.54. The van der Waals surface area contributed by atoms with E-state index in [2.05, 4.69) is 48.4 Å². The molecule has 0 heterocycles. The fraction of sp³-hybridized carbons (Fsp3) is 0.833. The Morgan fingerprint density at radius 3 is 2.07 bits per heavy atom. The second kappa shape index (κ2) is 7.29. The molecule has 1 nitrogen and oxygen atoms in total. The van der Waals surface area contributed by atoms with Gasteiger partial charge in [0, 0.05) is 11.8 Å². The molecule has 2 atom stereocenters. The van der Waals surface area contributed by atoms with Crippen LogP contribution in [0.2, 0.25) is 0 Å². The normalized spacial score (nSPS) is 13.4. The lowest BCUT2D eigenvalue weighted by Crippen LogP contribution is -2.33. The lowest BCUT2D eigenvalue weighted by molar-refractivity contribution is 0.253. The summed E-state index contributed by atoms with van der Waals surface area (Å²) < 4.78 is 0. The SMILES string of the molecule is C=CN(C(C)C)C(P)CC(CC)CC. The van der Waals surface area contributed by atoms with Crippen molar-refractivity contribution in [3.05, 3.63) is 12.8 Å². The molecule has 0 bridgehead atoms. The van der Waals surface area contributed by atoms with Crippen LogP contribution in [0.5, 0.6) is 0 Å². The van der Waals surface area contributed by atoms with E-state index in [-0.39, 0.29) is 0 Å². The van der Waals surface area contributed by atoms with Gasteiger partial charge in [-0.1, -0.05) is 33.3 Å². The van der Waals surface area contributed by atoms with Crippen molar-refractivity contribution in [1.82, 2.24) is 4.90 Å². The Bertz CT molecular complexity index is 152. The van der Waals surface area contributed by atoms with Crippen LogP contribution in [0.1, 0.15) is 47.0 Å². The van der Waals surface area contributed by atoms with Crippen LogP contribution in [0, 0.1) is 5.92 Å². The Morgan fingerprint density at radius 2 is 1.79 bits per heavy atom. The van der Waals surface area contributed by atoms with Gasteiger partial charge in [-0.2, -0.15) is 0 Å². The fourth-order valence-electron chi connectivity index (χ4n) is 1.81. The van der Waals surface area contributed by atoms with Crippen molar-refractivity contribution in [2.24, 2.45) is 5.92 Å². The minimum Gasteiger partial charge on any atom is -0.369 e. The first-order valence-electron chi connectivity index (χ1n) is 5.72. The van der Waals surface area contributed by atoms with Crippen LogP contribution < -0.4 is 0 Å². The predicted molar refractivity (Wildman–Crippen MR) is 69.4 cm³/mol. The van der Waals surface area contributed by atoms with Crippen LogP contribution in [-0.4, -0.2) is 16.7 Å². The van der Waals surface area contributed by atoms with E-state index in [1.165, 1.54) is 19.3 Å². The second-order valence-corrected chi connectivity index (χ2v) is 4.98. The lowest BCUT2D eigenvalue weighted by Gasteiger charge is -2.33. The van der Waals surface area contributed by atoms with Gasteiger partial charge >= 0.3 is 0 Å². The van der Waals surface area contributed by atoms with Crippen LogP contribution in [0.15, 0.2) is 12.8 Å². The van der Waals surface area contributed by atoms with Crippen LogP contribution in [0.3, 0.4) is 0 Å². The summed E-state index contributed by atoms with van der Waals surface area (Å²) in [5.41, 5.74) is 0. The largest absolute Gasteiger partial charge is 0.369 e. The molecule has 0 fully saturated rings. The summed E-state index contributed by atoms with van der Waals surface area (Å²) in [6.07, 6.45) is 5.78. The Hall–Kier alpha value is -0.0300. The monoisotopic (exact) mass is 215 g/mol. The summed E-state index contributed by atoms with van der Waals surface area (Å²) in [7, 11) is 2.94. The summed E-state index contributed by atoms with van der Waals surface area (Å²) >= 11 is 0. The van der Waals surface area contributed by atoms with E-state index in [1.807, 2.05) is 6.20 Å². The molecule has 0 amide bonds. The first kappa shape index (κ1) is 14.0. The van der Waals surface area contributed by atoms with Gasteiger partial charge in [0.25, 0.3) is 0 Å². The van der Waals surface area contributed by atoms with E-state index in [0.29, 0.717) is 11.8 Å². The van der Waals surface area contributed by atoms with Gasteiger partial charge in [0.2, 0.25) is 0 Å². The second-order valence-electron chi connectivity index (χ2n) is 4.21. The molecule has 0 N–H and O–H groups in total. The van der Waals surface area contributed by atoms with E-state index in [1.54, 1.807) is 0 Å². The summed E-state index contributed by atoms with van der Waals surface area (Å²) in [6.45, 7) is 12.9. The minimum atomic E-state index is 0.539. The van der Waals surface area contributed by atoms with Crippen LogP contribution >= 0.6 is 9.24 Å². The predicted octanol–water partition coefficient (Wildman–Crippen LogP) is 3.87. The maximum Gasteiger partial charge on any atom is 0.0430 e. The first-order valence-corrected chi connectivity index (χ1v) is 6.38. The van der Waals surface area contributed by atoms with Gasteiger partial charge in [-0.3, -0.25) is 0 Å². The Labute approximate surface area is 92.2 Å². The topological polar surface area (TPSA) is 3.24 Å². The van der Waals surface area contributed by atoms with Crippen molar-refractivity contribution in [3.8, 4) is 0 Å². The maximum atomic E-state index is 3.87. The van der Waals surface area contributed by atoms with Gasteiger partial charge < -0.3 is 4.90 Å². The molecule has 0 aliphatic rings. The molecule has 0 aliphatic heterocycles. The molecule has 2 unspecified atom stereocenters. The van der Waals surface area contributed by atoms with E-state index in [0.717, 1.165) is 5.92 Å². The first-order chi connectivity index (χ1) is 6.56. The standard InChI is InChI=1S/C12H26NP/c1-6-11(7-2)9-12(14)13(8-3)10(4)5/h8,10-12H,3,6-7,9,14H2,1-2,4-5H3.